The monoisotopic (exact) mass is 251 g/mol. The second kappa shape index (κ2) is 5.87. The number of hydrogen-bond acceptors (Lipinski definition) is 3. The Bertz CT molecular complexity index is 453. The number of rotatable bonds is 4. The van der Waals surface area contributed by atoms with E-state index in [4.69, 9.17) is 9.84 Å². The molecule has 2 N–H and O–H groups in total. The van der Waals surface area contributed by atoms with E-state index in [1.807, 2.05) is 26.8 Å². The van der Waals surface area contributed by atoms with Crippen molar-refractivity contribution in [1.82, 2.24) is 5.32 Å². The number of benzene rings is 1. The molecule has 0 aliphatic rings. The average molecular weight is 251 g/mol. The third-order valence-electron chi connectivity index (χ3n) is 3.17. The maximum atomic E-state index is 11.3. The number of nitrogens with one attached hydrogen (secondary N) is 1. The van der Waals surface area contributed by atoms with Crippen molar-refractivity contribution < 1.29 is 14.6 Å². The number of aryl methyl sites for hydroxylation is 1. The minimum atomic E-state index is -0.981. The van der Waals surface area contributed by atoms with Crippen molar-refractivity contribution >= 4 is 5.91 Å². The van der Waals surface area contributed by atoms with Crippen molar-refractivity contribution in [2.45, 2.75) is 40.3 Å². The fraction of sp³-hybridized carbons (Fsp3) is 0.500. The summed E-state index contributed by atoms with van der Waals surface area (Å²) in [5.74, 6) is 0.527. The van der Waals surface area contributed by atoms with Crippen LogP contribution in [0.5, 0.6) is 5.75 Å². The Hall–Kier alpha value is -1.55. The van der Waals surface area contributed by atoms with Gasteiger partial charge in [0, 0.05) is 6.54 Å². The highest BCUT2D eigenvalue weighted by atomic mass is 16.5. The molecule has 0 spiro atoms. The lowest BCUT2D eigenvalue weighted by molar-refractivity contribution is -0.128. The summed E-state index contributed by atoms with van der Waals surface area (Å²) in [6.07, 6.45) is -0.981. The number of amides is 1. The fourth-order valence-corrected chi connectivity index (χ4v) is 1.97. The van der Waals surface area contributed by atoms with Crippen molar-refractivity contribution in [1.29, 1.82) is 0 Å². The first kappa shape index (κ1) is 14.5. The largest absolute Gasteiger partial charge is 0.496 e. The van der Waals surface area contributed by atoms with Gasteiger partial charge < -0.3 is 15.2 Å². The molecule has 1 unspecified atom stereocenters. The first-order chi connectivity index (χ1) is 8.38. The van der Waals surface area contributed by atoms with Gasteiger partial charge in [-0.1, -0.05) is 6.07 Å². The van der Waals surface area contributed by atoms with Crippen molar-refractivity contribution in [3.05, 3.63) is 28.3 Å². The van der Waals surface area contributed by atoms with Gasteiger partial charge in [-0.15, -0.1) is 0 Å². The van der Waals surface area contributed by atoms with E-state index in [0.29, 0.717) is 6.54 Å². The highest BCUT2D eigenvalue weighted by Crippen LogP contribution is 2.28. The van der Waals surface area contributed by atoms with Gasteiger partial charge in [-0.2, -0.15) is 0 Å². The number of aliphatic hydroxyl groups is 1. The molecule has 0 aliphatic carbocycles. The molecule has 1 aromatic carbocycles. The van der Waals surface area contributed by atoms with Crippen LogP contribution in [-0.2, 0) is 11.3 Å². The molecule has 0 aromatic heterocycles. The lowest BCUT2D eigenvalue weighted by Gasteiger charge is -2.16. The van der Waals surface area contributed by atoms with Crippen molar-refractivity contribution in [3.8, 4) is 5.75 Å². The number of hydrogen-bond donors (Lipinski definition) is 2. The van der Waals surface area contributed by atoms with Crippen molar-refractivity contribution in [3.63, 3.8) is 0 Å². The maximum absolute atomic E-state index is 11.3. The molecule has 0 bridgehead atoms. The van der Waals surface area contributed by atoms with E-state index < -0.39 is 6.10 Å². The molecule has 1 rings (SSSR count). The quantitative estimate of drug-likeness (QED) is 0.855. The Balaban J connectivity index is 2.94. The van der Waals surface area contributed by atoms with Crippen LogP contribution in [0.1, 0.15) is 29.2 Å². The zero-order valence-corrected chi connectivity index (χ0v) is 11.6. The van der Waals surface area contributed by atoms with E-state index in [2.05, 4.69) is 5.32 Å². The van der Waals surface area contributed by atoms with Crippen molar-refractivity contribution in [2.24, 2.45) is 0 Å². The zero-order valence-electron chi connectivity index (χ0n) is 11.6. The van der Waals surface area contributed by atoms with Gasteiger partial charge in [0.25, 0.3) is 0 Å². The van der Waals surface area contributed by atoms with E-state index in [1.165, 1.54) is 6.92 Å². The van der Waals surface area contributed by atoms with Crippen molar-refractivity contribution in [2.75, 3.05) is 7.11 Å². The van der Waals surface area contributed by atoms with Gasteiger partial charge in [-0.3, -0.25) is 4.79 Å². The number of ether oxygens (including phenoxy) is 1. The predicted molar refractivity (Wildman–Crippen MR) is 70.7 cm³/mol. The number of methoxy groups -OCH3 is 1. The van der Waals surface area contributed by atoms with Crippen LogP contribution in [0.15, 0.2) is 6.07 Å². The summed E-state index contributed by atoms with van der Waals surface area (Å²) in [7, 11) is 1.66. The standard InChI is InChI=1S/C14H21NO3/c1-8-6-12(7-15-14(17)11(4)16)9(2)10(3)13(8)18-5/h6,11,16H,7H2,1-5H3,(H,15,17). The molecule has 4 nitrogen and oxygen atoms in total. The smallest absolute Gasteiger partial charge is 0.248 e. The highest BCUT2D eigenvalue weighted by Gasteiger charge is 2.12. The normalized spacial score (nSPS) is 12.1. The van der Waals surface area contributed by atoms with E-state index >= 15 is 0 Å². The number of carbonyl (C=O) groups is 1. The Morgan fingerprint density at radius 2 is 2.00 bits per heavy atom. The van der Waals surface area contributed by atoms with Crippen LogP contribution in [0.3, 0.4) is 0 Å². The van der Waals surface area contributed by atoms with Gasteiger partial charge in [0.2, 0.25) is 5.91 Å². The van der Waals surface area contributed by atoms with Gasteiger partial charge >= 0.3 is 0 Å². The summed E-state index contributed by atoms with van der Waals surface area (Å²) in [6, 6.07) is 2.00. The van der Waals surface area contributed by atoms with E-state index in [0.717, 1.165) is 28.0 Å². The third-order valence-corrected chi connectivity index (χ3v) is 3.17. The summed E-state index contributed by atoms with van der Waals surface area (Å²) in [6.45, 7) is 7.85. The average Bonchev–Trinajstić information content (AvgIpc) is 2.32. The Morgan fingerprint density at radius 3 is 2.50 bits per heavy atom. The molecule has 0 aliphatic heterocycles. The highest BCUT2D eigenvalue weighted by molar-refractivity contribution is 5.80. The van der Waals surface area contributed by atoms with E-state index in [1.54, 1.807) is 7.11 Å². The van der Waals surface area contributed by atoms with Crippen LogP contribution in [0, 0.1) is 20.8 Å². The summed E-state index contributed by atoms with van der Waals surface area (Å²) in [5, 5.41) is 11.8. The summed E-state index contributed by atoms with van der Waals surface area (Å²) in [5.41, 5.74) is 4.27. The Kier molecular flexibility index (Phi) is 4.73. The SMILES string of the molecule is COc1c(C)cc(CNC(=O)C(C)O)c(C)c1C. The van der Waals surface area contributed by atoms with Crippen LogP contribution in [0.2, 0.25) is 0 Å². The van der Waals surface area contributed by atoms with E-state index in [9.17, 15) is 4.79 Å². The third kappa shape index (κ3) is 3.01. The van der Waals surface area contributed by atoms with Gasteiger partial charge in [-0.05, 0) is 49.9 Å². The molecule has 4 heteroatoms. The Morgan fingerprint density at radius 1 is 1.39 bits per heavy atom. The number of carbonyl (C=O) groups excluding carboxylic acids is 1. The van der Waals surface area contributed by atoms with Gasteiger partial charge in [0.15, 0.2) is 0 Å². The second-order valence-corrected chi connectivity index (χ2v) is 4.53. The summed E-state index contributed by atoms with van der Waals surface area (Å²) in [4.78, 5) is 11.3. The summed E-state index contributed by atoms with van der Waals surface area (Å²) < 4.78 is 5.35. The first-order valence-corrected chi connectivity index (χ1v) is 5.98. The van der Waals surface area contributed by atoms with Gasteiger partial charge in [0.05, 0.1) is 7.11 Å². The molecule has 1 atom stereocenters. The minimum absolute atomic E-state index is 0.361. The van der Waals surface area contributed by atoms with Crippen LogP contribution in [-0.4, -0.2) is 24.2 Å². The predicted octanol–water partition coefficient (Wildman–Crippen LogP) is 1.62. The van der Waals surface area contributed by atoms with E-state index in [-0.39, 0.29) is 5.91 Å². The summed E-state index contributed by atoms with van der Waals surface area (Å²) >= 11 is 0. The molecule has 0 fully saturated rings. The fourth-order valence-electron chi connectivity index (χ4n) is 1.97. The maximum Gasteiger partial charge on any atom is 0.248 e. The van der Waals surface area contributed by atoms with Gasteiger partial charge in [0.1, 0.15) is 11.9 Å². The topological polar surface area (TPSA) is 58.6 Å². The second-order valence-electron chi connectivity index (χ2n) is 4.53. The molecule has 0 radical (unpaired) electrons. The van der Waals surface area contributed by atoms with Gasteiger partial charge in [-0.25, -0.2) is 0 Å². The Labute approximate surface area is 108 Å². The molecule has 18 heavy (non-hydrogen) atoms. The molecule has 0 saturated carbocycles. The van der Waals surface area contributed by atoms with Crippen LogP contribution in [0.25, 0.3) is 0 Å². The molecule has 1 amide bonds. The molecule has 0 heterocycles. The molecule has 1 aromatic rings. The molecular weight excluding hydrogens is 230 g/mol. The number of aliphatic hydroxyl groups excluding tert-OH is 1. The lowest BCUT2D eigenvalue weighted by atomic mass is 9.98. The molecule has 0 saturated heterocycles. The van der Waals surface area contributed by atoms with Crippen LogP contribution < -0.4 is 10.1 Å². The van der Waals surface area contributed by atoms with Crippen LogP contribution in [0.4, 0.5) is 0 Å². The zero-order chi connectivity index (χ0) is 13.9. The molecule has 100 valence electrons. The molecular formula is C14H21NO3. The lowest BCUT2D eigenvalue weighted by Crippen LogP contribution is -2.32. The first-order valence-electron chi connectivity index (χ1n) is 5.98. The minimum Gasteiger partial charge on any atom is -0.496 e. The van der Waals surface area contributed by atoms with Crippen LogP contribution >= 0.6 is 0 Å².